The molecule has 1 aromatic rings. The summed E-state index contributed by atoms with van der Waals surface area (Å²) < 4.78 is 5.64. The van der Waals surface area contributed by atoms with Gasteiger partial charge in [0.2, 0.25) is 5.88 Å². The van der Waals surface area contributed by atoms with Crippen LogP contribution in [0.25, 0.3) is 0 Å². The lowest BCUT2D eigenvalue weighted by Crippen LogP contribution is -2.09. The highest BCUT2D eigenvalue weighted by Gasteiger charge is 2.07. The molecule has 0 fully saturated rings. The predicted molar refractivity (Wildman–Crippen MR) is 70.5 cm³/mol. The van der Waals surface area contributed by atoms with E-state index in [0.717, 1.165) is 18.1 Å². The lowest BCUT2D eigenvalue weighted by molar-refractivity contribution is 0.260. The molecule has 0 bridgehead atoms. The Labute approximate surface area is 104 Å². The zero-order valence-electron chi connectivity index (χ0n) is 11.4. The van der Waals surface area contributed by atoms with Gasteiger partial charge in [0, 0.05) is 19.5 Å². The lowest BCUT2D eigenvalue weighted by atomic mass is 10.1. The van der Waals surface area contributed by atoms with Crippen LogP contribution in [0.15, 0.2) is 6.07 Å². The van der Waals surface area contributed by atoms with E-state index in [-0.39, 0.29) is 0 Å². The molecule has 0 unspecified atom stereocenters. The molecule has 0 saturated carbocycles. The number of nitrogens with one attached hydrogen (secondary N) is 1. The van der Waals surface area contributed by atoms with Crippen molar-refractivity contribution < 1.29 is 4.74 Å². The largest absolute Gasteiger partial charge is 0.477 e. The molecule has 1 rings (SSSR count). The van der Waals surface area contributed by atoms with E-state index in [1.165, 1.54) is 0 Å². The zero-order valence-corrected chi connectivity index (χ0v) is 11.4. The molecule has 1 aromatic heterocycles. The first kappa shape index (κ1) is 13.7. The van der Waals surface area contributed by atoms with E-state index in [2.05, 4.69) is 43.0 Å². The number of aromatic nitrogens is 2. The maximum Gasteiger partial charge on any atom is 0.218 e. The molecule has 0 spiro atoms. The van der Waals surface area contributed by atoms with Gasteiger partial charge in [-0.15, -0.1) is 0 Å². The number of ether oxygens (including phenoxy) is 1. The van der Waals surface area contributed by atoms with Crippen LogP contribution < -0.4 is 10.1 Å². The summed E-state index contributed by atoms with van der Waals surface area (Å²) in [6, 6.07) is 1.84. The monoisotopic (exact) mass is 237 g/mol. The van der Waals surface area contributed by atoms with E-state index in [4.69, 9.17) is 4.74 Å². The molecular formula is C13H23N3O. The third-order valence-corrected chi connectivity index (χ3v) is 2.16. The Hall–Kier alpha value is -1.32. The van der Waals surface area contributed by atoms with Gasteiger partial charge in [0.15, 0.2) is 0 Å². The Morgan fingerprint density at radius 2 is 1.88 bits per heavy atom. The van der Waals surface area contributed by atoms with Gasteiger partial charge >= 0.3 is 0 Å². The summed E-state index contributed by atoms with van der Waals surface area (Å²) in [7, 11) is 1.85. The standard InChI is InChI=1S/C13H23N3O/c1-9(2)6-12-15-11(14-5)7-13(16-12)17-8-10(3)4/h7,9-10H,6,8H2,1-5H3,(H,14,15,16). The maximum absolute atomic E-state index is 5.64. The molecular weight excluding hydrogens is 214 g/mol. The minimum absolute atomic E-state index is 0.497. The van der Waals surface area contributed by atoms with Gasteiger partial charge in [-0.05, 0) is 11.8 Å². The number of nitrogens with zero attached hydrogens (tertiary/aromatic N) is 2. The molecule has 0 radical (unpaired) electrons. The van der Waals surface area contributed by atoms with E-state index >= 15 is 0 Å². The molecule has 0 aromatic carbocycles. The predicted octanol–water partition coefficient (Wildman–Crippen LogP) is 2.75. The summed E-state index contributed by atoms with van der Waals surface area (Å²) in [5.74, 6) is 3.35. The van der Waals surface area contributed by atoms with E-state index in [1.54, 1.807) is 0 Å². The third kappa shape index (κ3) is 5.02. The molecule has 0 amide bonds. The Morgan fingerprint density at radius 1 is 1.18 bits per heavy atom. The molecule has 96 valence electrons. The second kappa shape index (κ2) is 6.42. The summed E-state index contributed by atoms with van der Waals surface area (Å²) in [4.78, 5) is 8.84. The molecule has 0 aliphatic rings. The normalized spacial score (nSPS) is 11.0. The third-order valence-electron chi connectivity index (χ3n) is 2.16. The van der Waals surface area contributed by atoms with E-state index in [0.29, 0.717) is 24.3 Å². The van der Waals surface area contributed by atoms with Gasteiger partial charge in [-0.25, -0.2) is 4.98 Å². The van der Waals surface area contributed by atoms with Crippen molar-refractivity contribution in [2.24, 2.45) is 11.8 Å². The fraction of sp³-hybridized carbons (Fsp3) is 0.692. The molecule has 1 heterocycles. The Balaban J connectivity index is 2.81. The Bertz CT molecular complexity index is 351. The summed E-state index contributed by atoms with van der Waals surface area (Å²) >= 11 is 0. The van der Waals surface area contributed by atoms with Crippen LogP contribution in [0.1, 0.15) is 33.5 Å². The van der Waals surface area contributed by atoms with Crippen molar-refractivity contribution in [3.05, 3.63) is 11.9 Å². The topological polar surface area (TPSA) is 47.0 Å². The second-order valence-corrected chi connectivity index (χ2v) is 5.06. The molecule has 0 aliphatic heterocycles. The smallest absolute Gasteiger partial charge is 0.218 e. The minimum Gasteiger partial charge on any atom is -0.477 e. The average Bonchev–Trinajstić information content (AvgIpc) is 2.25. The number of anilines is 1. The first-order chi connectivity index (χ1) is 8.01. The zero-order chi connectivity index (χ0) is 12.8. The molecule has 17 heavy (non-hydrogen) atoms. The van der Waals surface area contributed by atoms with Crippen molar-refractivity contribution in [1.29, 1.82) is 0 Å². The van der Waals surface area contributed by atoms with Crippen molar-refractivity contribution in [1.82, 2.24) is 9.97 Å². The Morgan fingerprint density at radius 3 is 2.41 bits per heavy atom. The first-order valence-corrected chi connectivity index (χ1v) is 6.19. The van der Waals surface area contributed by atoms with Crippen LogP contribution in [0.3, 0.4) is 0 Å². The summed E-state index contributed by atoms with van der Waals surface area (Å²) in [6.07, 6.45) is 0.869. The van der Waals surface area contributed by atoms with E-state index < -0.39 is 0 Å². The van der Waals surface area contributed by atoms with Crippen LogP contribution in [-0.4, -0.2) is 23.6 Å². The van der Waals surface area contributed by atoms with Gasteiger partial charge in [0.05, 0.1) is 6.61 Å². The highest BCUT2D eigenvalue weighted by Crippen LogP contribution is 2.15. The van der Waals surface area contributed by atoms with Crippen LogP contribution in [-0.2, 0) is 6.42 Å². The van der Waals surface area contributed by atoms with Crippen molar-refractivity contribution in [2.75, 3.05) is 19.0 Å². The molecule has 1 N–H and O–H groups in total. The Kier molecular flexibility index (Phi) is 5.19. The van der Waals surface area contributed by atoms with Crippen LogP contribution in [0, 0.1) is 11.8 Å². The average molecular weight is 237 g/mol. The van der Waals surface area contributed by atoms with Crippen molar-refractivity contribution in [2.45, 2.75) is 34.1 Å². The maximum atomic E-state index is 5.64. The summed E-state index contributed by atoms with van der Waals surface area (Å²) in [5, 5.41) is 3.04. The molecule has 4 heteroatoms. The van der Waals surface area contributed by atoms with Crippen molar-refractivity contribution in [3.63, 3.8) is 0 Å². The van der Waals surface area contributed by atoms with Gasteiger partial charge in [-0.3, -0.25) is 0 Å². The van der Waals surface area contributed by atoms with Crippen LogP contribution in [0.4, 0.5) is 5.82 Å². The number of hydrogen-bond acceptors (Lipinski definition) is 4. The van der Waals surface area contributed by atoms with Gasteiger partial charge in [-0.1, -0.05) is 27.7 Å². The number of hydrogen-bond donors (Lipinski definition) is 1. The molecule has 0 atom stereocenters. The quantitative estimate of drug-likeness (QED) is 0.826. The molecule has 0 aliphatic carbocycles. The van der Waals surface area contributed by atoms with Crippen molar-refractivity contribution >= 4 is 5.82 Å². The van der Waals surface area contributed by atoms with E-state index in [1.807, 2.05) is 13.1 Å². The van der Waals surface area contributed by atoms with Gasteiger partial charge in [0.1, 0.15) is 11.6 Å². The van der Waals surface area contributed by atoms with Gasteiger partial charge in [0.25, 0.3) is 0 Å². The minimum atomic E-state index is 0.497. The number of rotatable bonds is 6. The molecule has 0 saturated heterocycles. The summed E-state index contributed by atoms with van der Waals surface area (Å²) in [5.41, 5.74) is 0. The summed E-state index contributed by atoms with van der Waals surface area (Å²) in [6.45, 7) is 9.24. The second-order valence-electron chi connectivity index (χ2n) is 5.06. The fourth-order valence-corrected chi connectivity index (χ4v) is 1.38. The first-order valence-electron chi connectivity index (χ1n) is 6.19. The fourth-order valence-electron chi connectivity index (χ4n) is 1.38. The van der Waals surface area contributed by atoms with Gasteiger partial charge < -0.3 is 10.1 Å². The van der Waals surface area contributed by atoms with Gasteiger partial charge in [-0.2, -0.15) is 4.98 Å². The van der Waals surface area contributed by atoms with Crippen LogP contribution >= 0.6 is 0 Å². The highest BCUT2D eigenvalue weighted by atomic mass is 16.5. The lowest BCUT2D eigenvalue weighted by Gasteiger charge is -2.11. The molecule has 4 nitrogen and oxygen atoms in total. The van der Waals surface area contributed by atoms with Crippen molar-refractivity contribution in [3.8, 4) is 5.88 Å². The van der Waals surface area contributed by atoms with Crippen LogP contribution in [0.5, 0.6) is 5.88 Å². The SMILES string of the molecule is CNc1cc(OCC(C)C)nc(CC(C)C)n1. The van der Waals surface area contributed by atoms with Crippen LogP contribution in [0.2, 0.25) is 0 Å². The van der Waals surface area contributed by atoms with E-state index in [9.17, 15) is 0 Å². The highest BCUT2D eigenvalue weighted by molar-refractivity contribution is 5.37.